The maximum absolute atomic E-state index is 12.8. The largest absolute Gasteiger partial charge is 0.304 e. The molecule has 0 bridgehead atoms. The number of nitrogens with zero attached hydrogens (tertiary/aromatic N) is 2. The highest BCUT2D eigenvalue weighted by atomic mass is 32.2. The molecule has 5 nitrogen and oxygen atoms in total. The van der Waals surface area contributed by atoms with Crippen molar-refractivity contribution < 1.29 is 8.42 Å². The van der Waals surface area contributed by atoms with Crippen molar-refractivity contribution in [3.63, 3.8) is 0 Å². The first-order valence-corrected chi connectivity index (χ1v) is 11.8. The number of hydrogen-bond donors (Lipinski definition) is 1. The van der Waals surface area contributed by atoms with Gasteiger partial charge in [-0.3, -0.25) is 4.90 Å². The molecule has 7 heteroatoms. The molecule has 1 aliphatic heterocycles. The molecule has 1 aromatic carbocycles. The lowest BCUT2D eigenvalue weighted by atomic mass is 10.0. The summed E-state index contributed by atoms with van der Waals surface area (Å²) in [5.41, 5.74) is 2.32. The van der Waals surface area contributed by atoms with Gasteiger partial charge in [0.15, 0.2) is 0 Å². The van der Waals surface area contributed by atoms with Crippen LogP contribution in [-0.4, -0.2) is 58.0 Å². The SMILES string of the molecule is CC(C)c1ccc(S(=O)(=O)NC[C@H](c2ccsc2)N2CCN(C)CC2)cc1. The van der Waals surface area contributed by atoms with Crippen LogP contribution in [0.3, 0.4) is 0 Å². The Kier molecular flexibility index (Phi) is 6.70. The molecule has 1 aliphatic rings. The lowest BCUT2D eigenvalue weighted by Crippen LogP contribution is -2.48. The molecule has 0 amide bonds. The molecule has 0 aliphatic carbocycles. The highest BCUT2D eigenvalue weighted by Gasteiger charge is 2.26. The van der Waals surface area contributed by atoms with Crippen molar-refractivity contribution in [2.24, 2.45) is 0 Å². The molecule has 1 aromatic heterocycles. The fraction of sp³-hybridized carbons (Fsp3) is 0.500. The predicted octanol–water partition coefficient (Wildman–Crippen LogP) is 3.14. The van der Waals surface area contributed by atoms with Gasteiger partial charge in [0.05, 0.1) is 4.90 Å². The quantitative estimate of drug-likeness (QED) is 0.766. The van der Waals surface area contributed by atoms with Crippen LogP contribution in [0.1, 0.15) is 36.9 Å². The summed E-state index contributed by atoms with van der Waals surface area (Å²) in [5.74, 6) is 0.384. The van der Waals surface area contributed by atoms with Crippen LogP contribution in [0.2, 0.25) is 0 Å². The first-order valence-electron chi connectivity index (χ1n) is 9.41. The standard InChI is InChI=1S/C20H29N3O2S2/c1-16(2)17-4-6-19(7-5-17)27(24,25)21-14-20(18-8-13-26-15-18)23-11-9-22(3)10-12-23/h4-8,13,15-16,20-21H,9-12,14H2,1-3H3/t20-/m1/s1. The number of sulfonamides is 1. The predicted molar refractivity (Wildman–Crippen MR) is 112 cm³/mol. The lowest BCUT2D eigenvalue weighted by Gasteiger charge is -2.37. The normalized spacial score (nSPS) is 18.1. The second kappa shape index (κ2) is 8.84. The van der Waals surface area contributed by atoms with Crippen molar-refractivity contribution in [1.29, 1.82) is 0 Å². The molecule has 27 heavy (non-hydrogen) atoms. The van der Waals surface area contributed by atoms with E-state index in [9.17, 15) is 8.42 Å². The highest BCUT2D eigenvalue weighted by molar-refractivity contribution is 7.89. The average molecular weight is 408 g/mol. The topological polar surface area (TPSA) is 52.7 Å². The fourth-order valence-corrected chi connectivity index (χ4v) is 5.11. The number of nitrogens with one attached hydrogen (secondary N) is 1. The van der Waals surface area contributed by atoms with Gasteiger partial charge in [-0.15, -0.1) is 0 Å². The molecule has 1 saturated heterocycles. The minimum Gasteiger partial charge on any atom is -0.304 e. The summed E-state index contributed by atoms with van der Waals surface area (Å²) in [5, 5.41) is 4.17. The summed E-state index contributed by atoms with van der Waals surface area (Å²) in [6.45, 7) is 8.49. The van der Waals surface area contributed by atoms with E-state index in [1.807, 2.05) is 12.1 Å². The van der Waals surface area contributed by atoms with Gasteiger partial charge in [-0.05, 0) is 53.1 Å². The number of benzene rings is 1. The Balaban J connectivity index is 1.72. The van der Waals surface area contributed by atoms with Crippen molar-refractivity contribution in [3.05, 3.63) is 52.2 Å². The van der Waals surface area contributed by atoms with E-state index in [4.69, 9.17) is 0 Å². The third kappa shape index (κ3) is 5.18. The molecule has 1 fully saturated rings. The van der Waals surface area contributed by atoms with Crippen molar-refractivity contribution in [2.75, 3.05) is 39.8 Å². The van der Waals surface area contributed by atoms with E-state index in [1.165, 1.54) is 5.56 Å². The van der Waals surface area contributed by atoms with Crippen molar-refractivity contribution in [2.45, 2.75) is 30.7 Å². The van der Waals surface area contributed by atoms with Crippen LogP contribution in [0.15, 0.2) is 46.0 Å². The Labute approximate surface area is 167 Å². The number of rotatable bonds is 7. The number of thiophene rings is 1. The van der Waals surface area contributed by atoms with Gasteiger partial charge in [0.2, 0.25) is 10.0 Å². The smallest absolute Gasteiger partial charge is 0.240 e. The van der Waals surface area contributed by atoms with Crippen LogP contribution in [-0.2, 0) is 10.0 Å². The molecule has 2 aromatic rings. The Bertz CT molecular complexity index is 809. The Morgan fingerprint density at radius 1 is 1.04 bits per heavy atom. The summed E-state index contributed by atoms with van der Waals surface area (Å²) in [4.78, 5) is 5.02. The van der Waals surface area contributed by atoms with Gasteiger partial charge in [0.1, 0.15) is 0 Å². The van der Waals surface area contributed by atoms with E-state index in [-0.39, 0.29) is 6.04 Å². The van der Waals surface area contributed by atoms with Gasteiger partial charge in [0.25, 0.3) is 0 Å². The van der Waals surface area contributed by atoms with E-state index in [1.54, 1.807) is 23.5 Å². The van der Waals surface area contributed by atoms with Crippen LogP contribution in [0.25, 0.3) is 0 Å². The van der Waals surface area contributed by atoms with Gasteiger partial charge < -0.3 is 4.90 Å². The Morgan fingerprint density at radius 2 is 1.70 bits per heavy atom. The van der Waals surface area contributed by atoms with E-state index in [0.29, 0.717) is 17.4 Å². The Morgan fingerprint density at radius 3 is 2.26 bits per heavy atom. The molecular formula is C20H29N3O2S2. The van der Waals surface area contributed by atoms with E-state index >= 15 is 0 Å². The number of hydrogen-bond acceptors (Lipinski definition) is 5. The molecule has 0 unspecified atom stereocenters. The Hall–Kier alpha value is -1.25. The van der Waals surface area contributed by atoms with Crippen LogP contribution >= 0.6 is 11.3 Å². The molecule has 2 heterocycles. The number of likely N-dealkylation sites (N-methyl/N-ethyl adjacent to an activating group) is 1. The molecular weight excluding hydrogens is 378 g/mol. The molecule has 1 atom stereocenters. The van der Waals surface area contributed by atoms with Crippen molar-refractivity contribution in [3.8, 4) is 0 Å². The maximum Gasteiger partial charge on any atom is 0.240 e. The summed E-state index contributed by atoms with van der Waals surface area (Å²) in [6, 6.07) is 9.36. The van der Waals surface area contributed by atoms with Crippen LogP contribution < -0.4 is 4.72 Å². The summed E-state index contributed by atoms with van der Waals surface area (Å²) >= 11 is 1.65. The zero-order valence-corrected chi connectivity index (χ0v) is 17.9. The third-order valence-electron chi connectivity index (χ3n) is 5.23. The summed E-state index contributed by atoms with van der Waals surface area (Å²) < 4.78 is 28.4. The molecule has 1 N–H and O–H groups in total. The molecule has 3 rings (SSSR count). The molecule has 0 radical (unpaired) electrons. The van der Waals surface area contributed by atoms with Crippen molar-refractivity contribution in [1.82, 2.24) is 14.5 Å². The maximum atomic E-state index is 12.8. The lowest BCUT2D eigenvalue weighted by molar-refractivity contribution is 0.113. The zero-order valence-electron chi connectivity index (χ0n) is 16.3. The van der Waals surface area contributed by atoms with Crippen LogP contribution in [0.5, 0.6) is 0 Å². The van der Waals surface area contributed by atoms with E-state index in [0.717, 1.165) is 31.7 Å². The average Bonchev–Trinajstić information content (AvgIpc) is 3.18. The molecule has 0 saturated carbocycles. The first kappa shape index (κ1) is 20.5. The van der Waals surface area contributed by atoms with Gasteiger partial charge in [-0.2, -0.15) is 11.3 Å². The minimum atomic E-state index is -3.52. The van der Waals surface area contributed by atoms with E-state index in [2.05, 4.69) is 52.2 Å². The third-order valence-corrected chi connectivity index (χ3v) is 7.37. The minimum absolute atomic E-state index is 0.0645. The fourth-order valence-electron chi connectivity index (χ4n) is 3.36. The summed E-state index contributed by atoms with van der Waals surface area (Å²) in [6.07, 6.45) is 0. The van der Waals surface area contributed by atoms with Gasteiger partial charge in [0, 0.05) is 38.8 Å². The monoisotopic (exact) mass is 407 g/mol. The second-order valence-corrected chi connectivity index (χ2v) is 10.0. The highest BCUT2D eigenvalue weighted by Crippen LogP contribution is 2.24. The van der Waals surface area contributed by atoms with Crippen LogP contribution in [0.4, 0.5) is 0 Å². The van der Waals surface area contributed by atoms with E-state index < -0.39 is 10.0 Å². The van der Waals surface area contributed by atoms with Gasteiger partial charge >= 0.3 is 0 Å². The summed E-state index contributed by atoms with van der Waals surface area (Å²) in [7, 11) is -1.40. The van der Waals surface area contributed by atoms with Crippen LogP contribution in [0, 0.1) is 0 Å². The zero-order chi connectivity index (χ0) is 19.4. The molecule has 148 valence electrons. The van der Waals surface area contributed by atoms with Crippen molar-refractivity contribution >= 4 is 21.4 Å². The van der Waals surface area contributed by atoms with Gasteiger partial charge in [-0.1, -0.05) is 26.0 Å². The molecule has 0 spiro atoms. The number of piperazine rings is 1. The first-order chi connectivity index (χ1) is 12.9. The second-order valence-electron chi connectivity index (χ2n) is 7.49. The van der Waals surface area contributed by atoms with Gasteiger partial charge in [-0.25, -0.2) is 13.1 Å².